The minimum atomic E-state index is -4.14. The van der Waals surface area contributed by atoms with Crippen molar-refractivity contribution in [3.63, 3.8) is 0 Å². The van der Waals surface area contributed by atoms with E-state index >= 15 is 0 Å². The molecule has 0 unspecified atom stereocenters. The maximum atomic E-state index is 11.9. The van der Waals surface area contributed by atoms with Gasteiger partial charge in [0.2, 0.25) is 0 Å². The molecule has 0 fully saturated rings. The van der Waals surface area contributed by atoms with Crippen LogP contribution in [0.15, 0.2) is 12.3 Å². The van der Waals surface area contributed by atoms with E-state index in [9.17, 15) is 13.2 Å². The first-order chi connectivity index (χ1) is 7.94. The highest BCUT2D eigenvalue weighted by Crippen LogP contribution is 2.21. The van der Waals surface area contributed by atoms with Crippen molar-refractivity contribution in [2.75, 3.05) is 11.9 Å². The molecule has 0 amide bonds. The first-order valence-electron chi connectivity index (χ1n) is 5.10. The van der Waals surface area contributed by atoms with E-state index in [1.165, 1.54) is 6.20 Å². The number of nitrogens with zero attached hydrogens (tertiary/aromatic N) is 2. The number of aromatic nitrogens is 1. The van der Waals surface area contributed by atoms with Crippen molar-refractivity contribution in [3.8, 4) is 6.07 Å². The molecule has 0 atom stereocenters. The quantitative estimate of drug-likeness (QED) is 0.827. The molecular formula is C11H12F3N3. The van der Waals surface area contributed by atoms with E-state index in [2.05, 4.69) is 10.3 Å². The van der Waals surface area contributed by atoms with Gasteiger partial charge in [-0.3, -0.25) is 0 Å². The fourth-order valence-electron chi connectivity index (χ4n) is 1.33. The molecule has 1 N–H and O–H groups in total. The lowest BCUT2D eigenvalue weighted by Crippen LogP contribution is -2.12. The van der Waals surface area contributed by atoms with Gasteiger partial charge in [0.05, 0.1) is 5.56 Å². The van der Waals surface area contributed by atoms with E-state index in [1.54, 1.807) is 13.0 Å². The summed E-state index contributed by atoms with van der Waals surface area (Å²) < 4.78 is 35.7. The SMILES string of the molecule is Cc1ccnc(NCCCC(F)(F)F)c1C#N. The highest BCUT2D eigenvalue weighted by atomic mass is 19.4. The molecule has 1 rings (SSSR count). The molecule has 0 saturated carbocycles. The molecule has 1 aromatic rings. The number of hydrogen-bond acceptors (Lipinski definition) is 3. The number of anilines is 1. The Morgan fingerprint density at radius 1 is 1.47 bits per heavy atom. The number of nitrogens with one attached hydrogen (secondary N) is 1. The maximum Gasteiger partial charge on any atom is 0.389 e. The van der Waals surface area contributed by atoms with Gasteiger partial charge in [0.1, 0.15) is 11.9 Å². The van der Waals surface area contributed by atoms with E-state index in [0.29, 0.717) is 11.4 Å². The van der Waals surface area contributed by atoms with Crippen molar-refractivity contribution >= 4 is 5.82 Å². The Hall–Kier alpha value is -1.77. The molecule has 0 aliphatic rings. The van der Waals surface area contributed by atoms with Crippen molar-refractivity contribution in [1.82, 2.24) is 4.98 Å². The van der Waals surface area contributed by atoms with Crippen LogP contribution in [-0.4, -0.2) is 17.7 Å². The van der Waals surface area contributed by atoms with Crippen molar-refractivity contribution in [2.24, 2.45) is 0 Å². The topological polar surface area (TPSA) is 48.7 Å². The minimum absolute atomic E-state index is 0.0377. The number of aryl methyl sites for hydroxylation is 1. The highest BCUT2D eigenvalue weighted by Gasteiger charge is 2.25. The smallest absolute Gasteiger partial charge is 0.369 e. The standard InChI is InChI=1S/C11H12F3N3/c1-8-3-6-17-10(9(8)7-15)16-5-2-4-11(12,13)14/h3,6H,2,4-5H2,1H3,(H,16,17). The Labute approximate surface area is 97.3 Å². The summed E-state index contributed by atoms with van der Waals surface area (Å²) in [5, 5.41) is 11.6. The van der Waals surface area contributed by atoms with Crippen LogP contribution in [0.5, 0.6) is 0 Å². The zero-order valence-corrected chi connectivity index (χ0v) is 9.30. The van der Waals surface area contributed by atoms with Gasteiger partial charge in [-0.05, 0) is 25.0 Å². The number of halogens is 3. The number of pyridine rings is 1. The maximum absolute atomic E-state index is 11.9. The average Bonchev–Trinajstić information content (AvgIpc) is 2.23. The molecule has 6 heteroatoms. The van der Waals surface area contributed by atoms with E-state index in [0.717, 1.165) is 5.56 Å². The Bertz CT molecular complexity index is 421. The molecule has 92 valence electrons. The number of alkyl halides is 3. The Morgan fingerprint density at radius 3 is 2.76 bits per heavy atom. The second kappa shape index (κ2) is 5.53. The van der Waals surface area contributed by atoms with E-state index < -0.39 is 12.6 Å². The summed E-state index contributed by atoms with van der Waals surface area (Å²) in [6.45, 7) is 1.89. The van der Waals surface area contributed by atoms with Crippen molar-refractivity contribution in [3.05, 3.63) is 23.4 Å². The normalized spacial score (nSPS) is 11.0. The molecule has 0 bridgehead atoms. The average molecular weight is 243 g/mol. The Morgan fingerprint density at radius 2 is 2.18 bits per heavy atom. The second-order valence-electron chi connectivity index (χ2n) is 3.61. The molecule has 0 saturated heterocycles. The van der Waals surface area contributed by atoms with Gasteiger partial charge in [0.25, 0.3) is 0 Å². The fourth-order valence-corrected chi connectivity index (χ4v) is 1.33. The largest absolute Gasteiger partial charge is 0.389 e. The molecule has 0 aromatic carbocycles. The Kier molecular flexibility index (Phi) is 4.32. The van der Waals surface area contributed by atoms with Gasteiger partial charge in [-0.15, -0.1) is 0 Å². The summed E-state index contributed by atoms with van der Waals surface area (Å²) >= 11 is 0. The van der Waals surface area contributed by atoms with Gasteiger partial charge in [-0.2, -0.15) is 18.4 Å². The van der Waals surface area contributed by atoms with Crippen molar-refractivity contribution in [2.45, 2.75) is 25.9 Å². The summed E-state index contributed by atoms with van der Waals surface area (Å²) in [6, 6.07) is 3.65. The highest BCUT2D eigenvalue weighted by molar-refractivity contribution is 5.55. The molecule has 1 heterocycles. The lowest BCUT2D eigenvalue weighted by atomic mass is 10.1. The predicted molar refractivity (Wildman–Crippen MR) is 57.5 cm³/mol. The van der Waals surface area contributed by atoms with Crippen LogP contribution in [0.4, 0.5) is 19.0 Å². The van der Waals surface area contributed by atoms with Crippen molar-refractivity contribution < 1.29 is 13.2 Å². The molecule has 1 aromatic heterocycles. The van der Waals surface area contributed by atoms with Gasteiger partial charge < -0.3 is 5.32 Å². The monoisotopic (exact) mass is 243 g/mol. The minimum Gasteiger partial charge on any atom is -0.369 e. The lowest BCUT2D eigenvalue weighted by Gasteiger charge is -2.09. The third-order valence-electron chi connectivity index (χ3n) is 2.20. The first kappa shape index (κ1) is 13.3. The fraction of sp³-hybridized carbons (Fsp3) is 0.455. The van der Waals surface area contributed by atoms with Gasteiger partial charge in [0, 0.05) is 19.2 Å². The van der Waals surface area contributed by atoms with Crippen LogP contribution in [0, 0.1) is 18.3 Å². The summed E-state index contributed by atoms with van der Waals surface area (Å²) in [7, 11) is 0. The third kappa shape index (κ3) is 4.31. The predicted octanol–water partition coefficient (Wildman–Crippen LogP) is 3.02. The van der Waals surface area contributed by atoms with E-state index in [-0.39, 0.29) is 13.0 Å². The van der Waals surface area contributed by atoms with Gasteiger partial charge in [-0.1, -0.05) is 0 Å². The van der Waals surface area contributed by atoms with Gasteiger partial charge >= 0.3 is 6.18 Å². The van der Waals surface area contributed by atoms with Crippen LogP contribution in [0.1, 0.15) is 24.0 Å². The summed E-state index contributed by atoms with van der Waals surface area (Å²) in [4.78, 5) is 3.93. The second-order valence-corrected chi connectivity index (χ2v) is 3.61. The van der Waals surface area contributed by atoms with Crippen LogP contribution >= 0.6 is 0 Å². The van der Waals surface area contributed by atoms with Crippen molar-refractivity contribution in [1.29, 1.82) is 5.26 Å². The van der Waals surface area contributed by atoms with Gasteiger partial charge in [0.15, 0.2) is 0 Å². The summed E-state index contributed by atoms with van der Waals surface area (Å²) in [6.07, 6.45) is -3.50. The number of nitriles is 1. The zero-order chi connectivity index (χ0) is 12.9. The number of rotatable bonds is 4. The molecule has 17 heavy (non-hydrogen) atoms. The van der Waals surface area contributed by atoms with Crippen LogP contribution in [0.2, 0.25) is 0 Å². The zero-order valence-electron chi connectivity index (χ0n) is 9.30. The molecule has 0 aliphatic carbocycles. The van der Waals surface area contributed by atoms with E-state index in [4.69, 9.17) is 5.26 Å². The summed E-state index contributed by atoms with van der Waals surface area (Å²) in [5.74, 6) is 0.342. The third-order valence-corrected chi connectivity index (χ3v) is 2.20. The first-order valence-corrected chi connectivity index (χ1v) is 5.10. The molecule has 0 spiro atoms. The molecule has 3 nitrogen and oxygen atoms in total. The number of hydrogen-bond donors (Lipinski definition) is 1. The van der Waals surface area contributed by atoms with Crippen LogP contribution < -0.4 is 5.32 Å². The summed E-state index contributed by atoms with van der Waals surface area (Å²) in [5.41, 5.74) is 1.13. The molecular weight excluding hydrogens is 231 g/mol. The van der Waals surface area contributed by atoms with Crippen LogP contribution in [-0.2, 0) is 0 Å². The van der Waals surface area contributed by atoms with Crippen LogP contribution in [0.3, 0.4) is 0 Å². The molecule has 0 aliphatic heterocycles. The lowest BCUT2D eigenvalue weighted by molar-refractivity contribution is -0.134. The van der Waals surface area contributed by atoms with Crippen LogP contribution in [0.25, 0.3) is 0 Å². The Balaban J connectivity index is 2.53. The van der Waals surface area contributed by atoms with Gasteiger partial charge in [-0.25, -0.2) is 4.98 Å². The van der Waals surface area contributed by atoms with E-state index in [1.807, 2.05) is 6.07 Å². The molecule has 0 radical (unpaired) electrons.